The molecule has 2 aromatic rings. The van der Waals surface area contributed by atoms with Crippen LogP contribution in [0.2, 0.25) is 0 Å². The SMILES string of the molecule is Cc1[nH]c(-c2cccc(NS(C)(=O)=O)c2)cc1C#N. The smallest absolute Gasteiger partial charge is 0.229 e. The van der Waals surface area contributed by atoms with Crippen LogP contribution in [0.4, 0.5) is 5.69 Å². The molecule has 1 aromatic carbocycles. The van der Waals surface area contributed by atoms with E-state index in [1.807, 2.05) is 13.0 Å². The molecule has 0 bridgehead atoms. The van der Waals surface area contributed by atoms with Crippen molar-refractivity contribution in [2.24, 2.45) is 0 Å². The van der Waals surface area contributed by atoms with Crippen molar-refractivity contribution in [1.29, 1.82) is 5.26 Å². The van der Waals surface area contributed by atoms with Crippen molar-refractivity contribution in [3.8, 4) is 17.3 Å². The van der Waals surface area contributed by atoms with E-state index in [9.17, 15) is 8.42 Å². The quantitative estimate of drug-likeness (QED) is 0.900. The number of hydrogen-bond donors (Lipinski definition) is 2. The third-order valence-electron chi connectivity index (χ3n) is 2.61. The summed E-state index contributed by atoms with van der Waals surface area (Å²) in [5, 5.41) is 8.92. The lowest BCUT2D eigenvalue weighted by Gasteiger charge is -2.05. The van der Waals surface area contributed by atoms with Gasteiger partial charge in [0, 0.05) is 22.6 Å². The highest BCUT2D eigenvalue weighted by molar-refractivity contribution is 7.92. The van der Waals surface area contributed by atoms with Crippen LogP contribution >= 0.6 is 0 Å². The Balaban J connectivity index is 2.41. The average molecular weight is 275 g/mol. The molecule has 5 nitrogen and oxygen atoms in total. The lowest BCUT2D eigenvalue weighted by molar-refractivity contribution is 0.607. The maximum absolute atomic E-state index is 11.2. The molecule has 2 rings (SSSR count). The second kappa shape index (κ2) is 4.78. The van der Waals surface area contributed by atoms with Gasteiger partial charge >= 0.3 is 0 Å². The number of nitriles is 1. The van der Waals surface area contributed by atoms with Crippen LogP contribution in [0, 0.1) is 18.3 Å². The molecule has 1 aromatic heterocycles. The molecular weight excluding hydrogens is 262 g/mol. The summed E-state index contributed by atoms with van der Waals surface area (Å²) in [7, 11) is -3.30. The van der Waals surface area contributed by atoms with Gasteiger partial charge in [-0.1, -0.05) is 12.1 Å². The molecule has 1 heterocycles. The van der Waals surface area contributed by atoms with Gasteiger partial charge in [0.1, 0.15) is 6.07 Å². The van der Waals surface area contributed by atoms with Crippen LogP contribution in [0.3, 0.4) is 0 Å². The number of benzene rings is 1. The summed E-state index contributed by atoms with van der Waals surface area (Å²) in [5.74, 6) is 0. The Morgan fingerprint density at radius 3 is 2.63 bits per heavy atom. The van der Waals surface area contributed by atoms with Gasteiger partial charge in [0.25, 0.3) is 0 Å². The molecule has 0 spiro atoms. The van der Waals surface area contributed by atoms with Gasteiger partial charge in [-0.25, -0.2) is 8.42 Å². The van der Waals surface area contributed by atoms with Crippen LogP contribution in [0.1, 0.15) is 11.3 Å². The number of aromatic nitrogens is 1. The van der Waals surface area contributed by atoms with Crippen LogP contribution in [0.5, 0.6) is 0 Å². The Hall–Kier alpha value is -2.26. The third kappa shape index (κ3) is 3.14. The van der Waals surface area contributed by atoms with Crippen molar-refractivity contribution in [3.05, 3.63) is 41.6 Å². The summed E-state index contributed by atoms with van der Waals surface area (Å²) in [6, 6.07) is 10.8. The third-order valence-corrected chi connectivity index (χ3v) is 3.22. The summed E-state index contributed by atoms with van der Waals surface area (Å²) < 4.78 is 24.8. The first-order chi connectivity index (χ1) is 8.89. The molecule has 0 saturated carbocycles. The molecule has 0 unspecified atom stereocenters. The largest absolute Gasteiger partial charge is 0.358 e. The fourth-order valence-corrected chi connectivity index (χ4v) is 2.35. The van der Waals surface area contributed by atoms with Gasteiger partial charge < -0.3 is 4.98 Å². The van der Waals surface area contributed by atoms with Crippen molar-refractivity contribution in [2.75, 3.05) is 11.0 Å². The summed E-state index contributed by atoms with van der Waals surface area (Å²) >= 11 is 0. The van der Waals surface area contributed by atoms with E-state index in [0.29, 0.717) is 11.3 Å². The van der Waals surface area contributed by atoms with E-state index >= 15 is 0 Å². The molecule has 0 atom stereocenters. The van der Waals surface area contributed by atoms with Crippen molar-refractivity contribution in [2.45, 2.75) is 6.92 Å². The number of hydrogen-bond acceptors (Lipinski definition) is 3. The maximum Gasteiger partial charge on any atom is 0.229 e. The highest BCUT2D eigenvalue weighted by Crippen LogP contribution is 2.24. The second-order valence-electron chi connectivity index (χ2n) is 4.29. The van der Waals surface area contributed by atoms with Gasteiger partial charge in [-0.2, -0.15) is 5.26 Å². The molecule has 98 valence electrons. The van der Waals surface area contributed by atoms with Gasteiger partial charge in [0.15, 0.2) is 0 Å². The summed E-state index contributed by atoms with van der Waals surface area (Å²) in [6.45, 7) is 1.82. The maximum atomic E-state index is 11.2. The molecule has 0 aliphatic carbocycles. The van der Waals surface area contributed by atoms with Crippen molar-refractivity contribution < 1.29 is 8.42 Å². The lowest BCUT2D eigenvalue weighted by Crippen LogP contribution is -2.09. The molecule has 0 radical (unpaired) electrons. The van der Waals surface area contributed by atoms with E-state index in [4.69, 9.17) is 5.26 Å². The number of rotatable bonds is 3. The number of H-pyrrole nitrogens is 1. The Bertz CT molecular complexity index is 754. The van der Waals surface area contributed by atoms with Crippen LogP contribution < -0.4 is 4.72 Å². The second-order valence-corrected chi connectivity index (χ2v) is 6.04. The Morgan fingerprint density at radius 2 is 2.05 bits per heavy atom. The minimum Gasteiger partial charge on any atom is -0.358 e. The molecule has 0 saturated heterocycles. The highest BCUT2D eigenvalue weighted by atomic mass is 32.2. The number of sulfonamides is 1. The number of anilines is 1. The summed E-state index contributed by atoms with van der Waals surface area (Å²) in [5.41, 5.74) is 3.46. The topological polar surface area (TPSA) is 85.8 Å². The van der Waals surface area contributed by atoms with Gasteiger partial charge in [-0.3, -0.25) is 4.72 Å². The average Bonchev–Trinajstić information content (AvgIpc) is 2.69. The Labute approximate surface area is 111 Å². The van der Waals surface area contributed by atoms with Crippen LogP contribution in [0.25, 0.3) is 11.3 Å². The van der Waals surface area contributed by atoms with Crippen molar-refractivity contribution in [1.82, 2.24) is 4.98 Å². The monoisotopic (exact) mass is 275 g/mol. The standard InChI is InChI=1S/C13H13N3O2S/c1-9-11(8-14)7-13(15-9)10-4-3-5-12(6-10)16-19(2,17)18/h3-7,15-16H,1-2H3. The molecule has 0 amide bonds. The van der Waals surface area contributed by atoms with Gasteiger partial charge in [0.2, 0.25) is 10.0 Å². The van der Waals surface area contributed by atoms with Crippen LogP contribution in [0.15, 0.2) is 30.3 Å². The number of nitrogens with zero attached hydrogens (tertiary/aromatic N) is 1. The molecule has 0 aliphatic rings. The zero-order valence-corrected chi connectivity index (χ0v) is 11.4. The molecule has 0 aliphatic heterocycles. The minimum absolute atomic E-state index is 0.491. The highest BCUT2D eigenvalue weighted by Gasteiger charge is 2.07. The summed E-state index contributed by atoms with van der Waals surface area (Å²) in [6.07, 6.45) is 1.10. The van der Waals surface area contributed by atoms with E-state index in [1.54, 1.807) is 24.3 Å². The zero-order chi connectivity index (χ0) is 14.0. The first-order valence-electron chi connectivity index (χ1n) is 5.57. The van der Waals surface area contributed by atoms with E-state index in [-0.39, 0.29) is 0 Å². The summed E-state index contributed by atoms with van der Waals surface area (Å²) in [4.78, 5) is 3.10. The van der Waals surface area contributed by atoms with Crippen molar-refractivity contribution in [3.63, 3.8) is 0 Å². The molecule has 0 fully saturated rings. The number of aromatic amines is 1. The number of aryl methyl sites for hydroxylation is 1. The molecule has 19 heavy (non-hydrogen) atoms. The minimum atomic E-state index is -3.30. The van der Waals surface area contributed by atoms with Gasteiger partial charge in [0.05, 0.1) is 11.8 Å². The fraction of sp³-hybridized carbons (Fsp3) is 0.154. The molecule has 6 heteroatoms. The predicted molar refractivity (Wildman–Crippen MR) is 74.1 cm³/mol. The van der Waals surface area contributed by atoms with E-state index in [2.05, 4.69) is 15.8 Å². The molecular formula is C13H13N3O2S. The first-order valence-corrected chi connectivity index (χ1v) is 7.46. The van der Waals surface area contributed by atoms with E-state index in [0.717, 1.165) is 23.2 Å². The van der Waals surface area contributed by atoms with Crippen LogP contribution in [-0.4, -0.2) is 19.7 Å². The normalized spacial score (nSPS) is 11.0. The van der Waals surface area contributed by atoms with Gasteiger partial charge in [-0.05, 0) is 25.1 Å². The number of nitrogens with one attached hydrogen (secondary N) is 2. The Kier molecular flexibility index (Phi) is 3.32. The van der Waals surface area contributed by atoms with Gasteiger partial charge in [-0.15, -0.1) is 0 Å². The van der Waals surface area contributed by atoms with Crippen molar-refractivity contribution >= 4 is 15.7 Å². The van der Waals surface area contributed by atoms with E-state index < -0.39 is 10.0 Å². The first kappa shape index (κ1) is 13.2. The lowest BCUT2D eigenvalue weighted by atomic mass is 10.1. The van der Waals surface area contributed by atoms with E-state index in [1.165, 1.54) is 0 Å². The van der Waals surface area contributed by atoms with Crippen LogP contribution in [-0.2, 0) is 10.0 Å². The molecule has 2 N–H and O–H groups in total. The fourth-order valence-electron chi connectivity index (χ4n) is 1.79. The predicted octanol–water partition coefficient (Wildman–Crippen LogP) is 2.23. The Morgan fingerprint density at radius 1 is 1.32 bits per heavy atom. The zero-order valence-electron chi connectivity index (χ0n) is 10.6.